The fourth-order valence-electron chi connectivity index (χ4n) is 3.38. The second-order valence-electron chi connectivity index (χ2n) is 5.29. The maximum absolute atomic E-state index is 13.4. The molecule has 20 heavy (non-hydrogen) atoms. The van der Waals surface area contributed by atoms with Gasteiger partial charge in [-0.25, -0.2) is 4.39 Å². The van der Waals surface area contributed by atoms with Crippen molar-refractivity contribution in [1.82, 2.24) is 4.90 Å². The first-order valence-corrected chi connectivity index (χ1v) is 6.88. The van der Waals surface area contributed by atoms with Gasteiger partial charge in [0.2, 0.25) is 0 Å². The fraction of sp³-hybridized carbons (Fsp3) is 0.429. The van der Waals surface area contributed by atoms with Crippen molar-refractivity contribution >= 4 is 23.5 Å². The highest BCUT2D eigenvalue weighted by atomic mass is 35.5. The smallest absolute Gasteiger partial charge is 0.308 e. The Bertz CT molecular complexity index is 592. The van der Waals surface area contributed by atoms with Crippen molar-refractivity contribution in [3.05, 3.63) is 34.6 Å². The minimum atomic E-state index is -0.875. The van der Waals surface area contributed by atoms with Crippen molar-refractivity contribution in [2.45, 2.75) is 31.3 Å². The van der Waals surface area contributed by atoms with E-state index in [0.717, 1.165) is 6.42 Å². The summed E-state index contributed by atoms with van der Waals surface area (Å²) in [5.74, 6) is -2.41. The fourth-order valence-corrected chi connectivity index (χ4v) is 3.59. The molecule has 1 aromatic carbocycles. The largest absolute Gasteiger partial charge is 0.481 e. The van der Waals surface area contributed by atoms with Crippen LogP contribution in [-0.4, -0.2) is 34.0 Å². The van der Waals surface area contributed by atoms with Crippen LogP contribution in [0.4, 0.5) is 4.39 Å². The van der Waals surface area contributed by atoms with Gasteiger partial charge in [-0.05, 0) is 31.4 Å². The predicted octanol–water partition coefficient (Wildman–Crippen LogP) is 2.56. The van der Waals surface area contributed by atoms with E-state index in [1.165, 1.54) is 18.2 Å². The Kier molecular flexibility index (Phi) is 3.17. The molecule has 3 unspecified atom stereocenters. The van der Waals surface area contributed by atoms with E-state index < -0.39 is 17.7 Å². The molecule has 4 nitrogen and oxygen atoms in total. The van der Waals surface area contributed by atoms with Crippen LogP contribution in [0.2, 0.25) is 5.02 Å². The number of carbonyl (C=O) groups excluding carboxylic acids is 1. The van der Waals surface area contributed by atoms with E-state index in [-0.39, 0.29) is 28.6 Å². The van der Waals surface area contributed by atoms with Crippen LogP contribution >= 0.6 is 11.6 Å². The highest BCUT2D eigenvalue weighted by Gasteiger charge is 2.51. The van der Waals surface area contributed by atoms with Crippen LogP contribution in [0.25, 0.3) is 0 Å². The number of carboxylic acids is 1. The third kappa shape index (κ3) is 1.88. The van der Waals surface area contributed by atoms with Gasteiger partial charge in [-0.15, -0.1) is 0 Å². The lowest BCUT2D eigenvalue weighted by Crippen LogP contribution is -2.38. The van der Waals surface area contributed by atoms with Crippen molar-refractivity contribution in [2.75, 3.05) is 0 Å². The summed E-state index contributed by atoms with van der Waals surface area (Å²) in [6, 6.07) is 3.72. The van der Waals surface area contributed by atoms with Crippen LogP contribution in [-0.2, 0) is 4.79 Å². The zero-order valence-corrected chi connectivity index (χ0v) is 11.3. The number of carbonyl (C=O) groups is 2. The third-order valence-corrected chi connectivity index (χ3v) is 4.65. The van der Waals surface area contributed by atoms with E-state index in [9.17, 15) is 19.1 Å². The monoisotopic (exact) mass is 297 g/mol. The molecule has 1 N–H and O–H groups in total. The van der Waals surface area contributed by atoms with Gasteiger partial charge in [-0.1, -0.05) is 17.7 Å². The molecule has 2 heterocycles. The topological polar surface area (TPSA) is 57.6 Å². The Labute approximate surface area is 120 Å². The van der Waals surface area contributed by atoms with Crippen LogP contribution in [0.5, 0.6) is 0 Å². The lowest BCUT2D eigenvalue weighted by atomic mass is 9.89. The van der Waals surface area contributed by atoms with Gasteiger partial charge in [0.05, 0.1) is 16.5 Å². The summed E-state index contributed by atoms with van der Waals surface area (Å²) in [5.41, 5.74) is 0.106. The number of nitrogens with zero attached hydrogens (tertiary/aromatic N) is 1. The van der Waals surface area contributed by atoms with Crippen molar-refractivity contribution in [1.29, 1.82) is 0 Å². The molecule has 0 radical (unpaired) electrons. The molecule has 2 bridgehead atoms. The standard InChI is InChI=1S/C14H13ClFNO3/c15-12-8(2-1-3-10(12)16)13(18)17-7-4-5-11(17)9(6-7)14(19)20/h1-3,7,9,11H,4-6H2,(H,19,20). The number of aliphatic carboxylic acids is 1. The van der Waals surface area contributed by atoms with E-state index in [1.807, 2.05) is 0 Å². The number of amides is 1. The molecule has 0 spiro atoms. The molecule has 6 heteroatoms. The summed E-state index contributed by atoms with van der Waals surface area (Å²) in [6.45, 7) is 0. The van der Waals surface area contributed by atoms with Crippen LogP contribution in [0.3, 0.4) is 0 Å². The van der Waals surface area contributed by atoms with Gasteiger partial charge >= 0.3 is 5.97 Å². The van der Waals surface area contributed by atoms with Crippen molar-refractivity contribution in [2.24, 2.45) is 5.92 Å². The van der Waals surface area contributed by atoms with Gasteiger partial charge in [0.15, 0.2) is 0 Å². The maximum atomic E-state index is 13.4. The normalized spacial score (nSPS) is 27.9. The molecule has 2 fully saturated rings. The first kappa shape index (κ1) is 13.4. The van der Waals surface area contributed by atoms with Crippen LogP contribution in [0, 0.1) is 11.7 Å². The Morgan fingerprint density at radius 2 is 2.10 bits per heavy atom. The number of halogens is 2. The third-order valence-electron chi connectivity index (χ3n) is 4.27. The number of hydrogen-bond acceptors (Lipinski definition) is 2. The van der Waals surface area contributed by atoms with Gasteiger partial charge in [0.25, 0.3) is 5.91 Å². The second kappa shape index (κ2) is 4.74. The number of hydrogen-bond donors (Lipinski definition) is 1. The van der Waals surface area contributed by atoms with Crippen LogP contribution in [0.15, 0.2) is 18.2 Å². The van der Waals surface area contributed by atoms with Gasteiger partial charge in [0, 0.05) is 12.1 Å². The highest BCUT2D eigenvalue weighted by molar-refractivity contribution is 6.34. The number of carboxylic acid groups (broad SMARTS) is 1. The first-order chi connectivity index (χ1) is 9.50. The van der Waals surface area contributed by atoms with Crippen molar-refractivity contribution < 1.29 is 19.1 Å². The summed E-state index contributed by atoms with van der Waals surface area (Å²) >= 11 is 5.84. The second-order valence-corrected chi connectivity index (χ2v) is 5.67. The van der Waals surface area contributed by atoms with Crippen molar-refractivity contribution in [3.63, 3.8) is 0 Å². The lowest BCUT2D eigenvalue weighted by molar-refractivity contribution is -0.142. The molecule has 1 aromatic rings. The molecule has 0 saturated carbocycles. The molecule has 0 aromatic heterocycles. The van der Waals surface area contributed by atoms with E-state index in [1.54, 1.807) is 4.90 Å². The van der Waals surface area contributed by atoms with Gasteiger partial charge in [-0.3, -0.25) is 9.59 Å². The Morgan fingerprint density at radius 3 is 2.75 bits per heavy atom. The van der Waals surface area contributed by atoms with Crippen molar-refractivity contribution in [3.8, 4) is 0 Å². The van der Waals surface area contributed by atoms with E-state index in [4.69, 9.17) is 11.6 Å². The lowest BCUT2D eigenvalue weighted by Gasteiger charge is -2.23. The molecule has 2 saturated heterocycles. The Morgan fingerprint density at radius 1 is 1.35 bits per heavy atom. The van der Waals surface area contributed by atoms with Gasteiger partial charge in [-0.2, -0.15) is 0 Å². The quantitative estimate of drug-likeness (QED) is 0.912. The summed E-state index contributed by atoms with van der Waals surface area (Å²) < 4.78 is 13.4. The summed E-state index contributed by atoms with van der Waals surface area (Å²) in [7, 11) is 0. The summed E-state index contributed by atoms with van der Waals surface area (Å²) in [4.78, 5) is 25.3. The Hall–Kier alpha value is -1.62. The average molecular weight is 298 g/mol. The summed E-state index contributed by atoms with van der Waals surface area (Å²) in [6.07, 6.45) is 1.95. The minimum Gasteiger partial charge on any atom is -0.481 e. The average Bonchev–Trinajstić information content (AvgIpc) is 2.98. The molecule has 3 atom stereocenters. The summed E-state index contributed by atoms with van der Waals surface area (Å²) in [5, 5.41) is 8.98. The molecule has 106 valence electrons. The first-order valence-electron chi connectivity index (χ1n) is 6.50. The zero-order valence-electron chi connectivity index (χ0n) is 10.6. The molecule has 2 aliphatic rings. The molecule has 1 amide bonds. The zero-order chi connectivity index (χ0) is 14.4. The molecular formula is C14H13ClFNO3. The van der Waals surface area contributed by atoms with Crippen LogP contribution in [0.1, 0.15) is 29.6 Å². The SMILES string of the molecule is O=C(O)C1CC2CCC1N2C(=O)c1cccc(F)c1Cl. The minimum absolute atomic E-state index is 0.0760. The molecule has 2 aliphatic heterocycles. The van der Waals surface area contributed by atoms with E-state index in [2.05, 4.69) is 0 Å². The van der Waals surface area contributed by atoms with Crippen LogP contribution < -0.4 is 0 Å². The molecule has 3 rings (SSSR count). The van der Waals surface area contributed by atoms with Gasteiger partial charge < -0.3 is 10.0 Å². The van der Waals surface area contributed by atoms with E-state index >= 15 is 0 Å². The molecule has 0 aliphatic carbocycles. The Balaban J connectivity index is 1.92. The maximum Gasteiger partial charge on any atom is 0.308 e. The number of rotatable bonds is 2. The number of benzene rings is 1. The predicted molar refractivity (Wildman–Crippen MR) is 70.1 cm³/mol. The highest BCUT2D eigenvalue weighted by Crippen LogP contribution is 2.43. The van der Waals surface area contributed by atoms with Gasteiger partial charge in [0.1, 0.15) is 5.82 Å². The molecular weight excluding hydrogens is 285 g/mol. The number of fused-ring (bicyclic) bond motifs is 2. The van der Waals surface area contributed by atoms with E-state index in [0.29, 0.717) is 12.8 Å².